The van der Waals surface area contributed by atoms with Gasteiger partial charge in [-0.25, -0.2) is 9.97 Å². The Morgan fingerprint density at radius 3 is 2.57 bits per heavy atom. The van der Waals surface area contributed by atoms with Gasteiger partial charge >= 0.3 is 0 Å². The summed E-state index contributed by atoms with van der Waals surface area (Å²) < 4.78 is 2.03. The zero-order valence-electron chi connectivity index (χ0n) is 17.7. The van der Waals surface area contributed by atoms with E-state index in [0.29, 0.717) is 6.04 Å². The third kappa shape index (κ3) is 3.97. The number of hydrogen-bond donors (Lipinski definition) is 0. The van der Waals surface area contributed by atoms with Crippen molar-refractivity contribution in [1.29, 1.82) is 0 Å². The molecule has 1 aliphatic heterocycles. The molecule has 0 N–H and O–H groups in total. The first-order valence-corrected chi connectivity index (χ1v) is 11.2. The minimum Gasteiger partial charge on any atom is -0.354 e. The summed E-state index contributed by atoms with van der Waals surface area (Å²) in [6.45, 7) is 7.55. The molecule has 1 atom stereocenters. The lowest BCUT2D eigenvalue weighted by Gasteiger charge is -2.39. The molecule has 3 aromatic rings. The average Bonchev–Trinajstić information content (AvgIpc) is 3.49. The average molecular weight is 403 g/mol. The van der Waals surface area contributed by atoms with E-state index in [1.54, 1.807) is 0 Å². The van der Waals surface area contributed by atoms with Gasteiger partial charge in [-0.3, -0.25) is 9.58 Å². The predicted octanol–water partition coefficient (Wildman–Crippen LogP) is 3.43. The van der Waals surface area contributed by atoms with Gasteiger partial charge in [-0.05, 0) is 38.7 Å². The van der Waals surface area contributed by atoms with Gasteiger partial charge in [0.15, 0.2) is 5.82 Å². The summed E-state index contributed by atoms with van der Waals surface area (Å²) in [5.41, 5.74) is 3.75. The van der Waals surface area contributed by atoms with Gasteiger partial charge in [-0.15, -0.1) is 0 Å². The first kappa shape index (κ1) is 19.2. The number of aromatic nitrogens is 4. The second kappa shape index (κ2) is 8.56. The van der Waals surface area contributed by atoms with Gasteiger partial charge < -0.3 is 4.90 Å². The number of hydrogen-bond acceptors (Lipinski definition) is 5. The van der Waals surface area contributed by atoms with Crippen molar-refractivity contribution in [2.24, 2.45) is 0 Å². The minimum absolute atomic E-state index is 0.562. The number of piperazine rings is 1. The van der Waals surface area contributed by atoms with Crippen LogP contribution in [0.25, 0.3) is 11.4 Å². The number of anilines is 1. The van der Waals surface area contributed by atoms with Crippen molar-refractivity contribution in [3.05, 3.63) is 60.0 Å². The highest BCUT2D eigenvalue weighted by molar-refractivity contribution is 5.61. The van der Waals surface area contributed by atoms with Gasteiger partial charge in [0.25, 0.3) is 0 Å². The Bertz CT molecular complexity index is 961. The summed E-state index contributed by atoms with van der Waals surface area (Å²) in [5.74, 6) is 2.06. The van der Waals surface area contributed by atoms with Crippen LogP contribution in [-0.2, 0) is 19.4 Å². The van der Waals surface area contributed by atoms with Crippen molar-refractivity contribution in [3.63, 3.8) is 0 Å². The van der Waals surface area contributed by atoms with E-state index in [9.17, 15) is 0 Å². The Morgan fingerprint density at radius 1 is 0.967 bits per heavy atom. The van der Waals surface area contributed by atoms with Crippen LogP contribution >= 0.6 is 0 Å². The molecule has 2 aromatic heterocycles. The van der Waals surface area contributed by atoms with E-state index in [1.165, 1.54) is 23.5 Å². The molecule has 5 rings (SSSR count). The van der Waals surface area contributed by atoms with Crippen LogP contribution in [-0.4, -0.2) is 56.9 Å². The molecule has 0 bridgehead atoms. The molecular weight excluding hydrogens is 372 g/mol. The quantitative estimate of drug-likeness (QED) is 0.632. The lowest BCUT2D eigenvalue weighted by atomic mass is 10.1. The molecule has 0 saturated carbocycles. The fraction of sp³-hybridized carbons (Fsp3) is 0.458. The van der Waals surface area contributed by atoms with Crippen molar-refractivity contribution < 1.29 is 0 Å². The van der Waals surface area contributed by atoms with Crippen LogP contribution in [0.1, 0.15) is 31.0 Å². The van der Waals surface area contributed by atoms with E-state index >= 15 is 0 Å². The summed E-state index contributed by atoms with van der Waals surface area (Å²) in [7, 11) is 0. The molecule has 3 heterocycles. The van der Waals surface area contributed by atoms with Gasteiger partial charge in [0.05, 0.1) is 0 Å². The summed E-state index contributed by atoms with van der Waals surface area (Å²) in [6, 6.07) is 13.0. The van der Waals surface area contributed by atoms with Crippen LogP contribution in [0.2, 0.25) is 0 Å². The zero-order chi connectivity index (χ0) is 20.3. The first-order valence-electron chi connectivity index (χ1n) is 11.2. The second-order valence-electron chi connectivity index (χ2n) is 8.45. The normalized spacial score (nSPS) is 17.8. The molecule has 156 valence electrons. The fourth-order valence-corrected chi connectivity index (χ4v) is 4.70. The summed E-state index contributed by atoms with van der Waals surface area (Å²) in [6.07, 6.45) is 8.41. The van der Waals surface area contributed by atoms with E-state index in [1.807, 2.05) is 29.2 Å². The van der Waals surface area contributed by atoms with Crippen LogP contribution < -0.4 is 4.90 Å². The van der Waals surface area contributed by atoms with E-state index in [4.69, 9.17) is 9.97 Å². The number of fused-ring (bicyclic) bond motifs is 1. The summed E-state index contributed by atoms with van der Waals surface area (Å²) >= 11 is 0. The van der Waals surface area contributed by atoms with E-state index in [0.717, 1.165) is 63.4 Å². The van der Waals surface area contributed by atoms with Crippen molar-refractivity contribution in [2.75, 3.05) is 31.1 Å². The van der Waals surface area contributed by atoms with Gasteiger partial charge in [-0.2, -0.15) is 5.10 Å². The molecule has 0 radical (unpaired) electrons. The second-order valence-corrected chi connectivity index (χ2v) is 8.45. The smallest absolute Gasteiger partial charge is 0.161 e. The van der Waals surface area contributed by atoms with Gasteiger partial charge in [0, 0.05) is 68.0 Å². The number of benzene rings is 1. The molecule has 0 amide bonds. The molecular formula is C24H30N6. The monoisotopic (exact) mass is 402 g/mol. The Labute approximate surface area is 178 Å². The lowest BCUT2D eigenvalue weighted by Crippen LogP contribution is -2.50. The van der Waals surface area contributed by atoms with Crippen molar-refractivity contribution in [2.45, 2.75) is 45.2 Å². The summed E-state index contributed by atoms with van der Waals surface area (Å²) in [5, 5.41) is 4.33. The van der Waals surface area contributed by atoms with Gasteiger partial charge in [0.1, 0.15) is 5.82 Å². The van der Waals surface area contributed by atoms with Crippen LogP contribution in [0.3, 0.4) is 0 Å². The maximum Gasteiger partial charge on any atom is 0.161 e. The van der Waals surface area contributed by atoms with Crippen molar-refractivity contribution in [1.82, 2.24) is 24.6 Å². The van der Waals surface area contributed by atoms with Crippen molar-refractivity contribution in [3.8, 4) is 11.4 Å². The standard InChI is InChI=1S/C24H30N6/c1-19(11-14-30-13-6-12-25-30)28-15-17-29(18-16-28)24-21-9-5-10-22(21)26-23(27-24)20-7-3-2-4-8-20/h2-4,6-8,12-13,19H,5,9-11,14-18H2,1H3/t19-/m1/s1. The highest BCUT2D eigenvalue weighted by Crippen LogP contribution is 2.32. The fourth-order valence-electron chi connectivity index (χ4n) is 4.70. The Balaban J connectivity index is 1.28. The number of aryl methyl sites for hydroxylation is 2. The topological polar surface area (TPSA) is 50.1 Å². The third-order valence-electron chi connectivity index (χ3n) is 6.52. The van der Waals surface area contributed by atoms with Crippen LogP contribution in [0, 0.1) is 0 Å². The third-order valence-corrected chi connectivity index (χ3v) is 6.52. The highest BCUT2D eigenvalue weighted by atomic mass is 15.3. The highest BCUT2D eigenvalue weighted by Gasteiger charge is 2.27. The van der Waals surface area contributed by atoms with E-state index < -0.39 is 0 Å². The molecule has 1 aliphatic carbocycles. The van der Waals surface area contributed by atoms with Crippen LogP contribution in [0.4, 0.5) is 5.82 Å². The molecule has 6 nitrogen and oxygen atoms in total. The largest absolute Gasteiger partial charge is 0.354 e. The Kier molecular flexibility index (Phi) is 5.49. The molecule has 2 aliphatic rings. The number of rotatable bonds is 6. The molecule has 1 fully saturated rings. The zero-order valence-corrected chi connectivity index (χ0v) is 17.7. The molecule has 6 heteroatoms. The molecule has 1 aromatic carbocycles. The first-order chi connectivity index (χ1) is 14.8. The Morgan fingerprint density at radius 2 is 1.80 bits per heavy atom. The maximum atomic E-state index is 5.06. The predicted molar refractivity (Wildman–Crippen MR) is 120 cm³/mol. The van der Waals surface area contributed by atoms with Crippen molar-refractivity contribution >= 4 is 5.82 Å². The van der Waals surface area contributed by atoms with E-state index in [2.05, 4.69) is 46.1 Å². The van der Waals surface area contributed by atoms with Crippen LogP contribution in [0.5, 0.6) is 0 Å². The van der Waals surface area contributed by atoms with E-state index in [-0.39, 0.29) is 0 Å². The minimum atomic E-state index is 0.562. The van der Waals surface area contributed by atoms with Crippen LogP contribution in [0.15, 0.2) is 48.8 Å². The lowest BCUT2D eigenvalue weighted by molar-refractivity contribution is 0.182. The molecule has 1 saturated heterocycles. The molecule has 30 heavy (non-hydrogen) atoms. The molecule has 0 spiro atoms. The SMILES string of the molecule is C[C@H](CCn1cccn1)N1CCN(c2nc(-c3ccccc3)nc3c2CCC3)CC1. The summed E-state index contributed by atoms with van der Waals surface area (Å²) in [4.78, 5) is 15.1. The Hall–Kier alpha value is -2.73. The number of nitrogens with zero attached hydrogens (tertiary/aromatic N) is 6. The maximum absolute atomic E-state index is 5.06. The van der Waals surface area contributed by atoms with Gasteiger partial charge in [0.2, 0.25) is 0 Å². The molecule has 0 unspecified atom stereocenters. The van der Waals surface area contributed by atoms with Gasteiger partial charge in [-0.1, -0.05) is 30.3 Å².